The smallest absolute Gasteiger partial charge is 0.277 e. The molecule has 2 aliphatic rings. The number of anilines is 2. The van der Waals surface area contributed by atoms with E-state index in [-0.39, 0.29) is 5.56 Å². The molecule has 0 N–H and O–H groups in total. The van der Waals surface area contributed by atoms with Crippen molar-refractivity contribution in [2.24, 2.45) is 0 Å². The van der Waals surface area contributed by atoms with Crippen LogP contribution in [0.5, 0.6) is 0 Å². The van der Waals surface area contributed by atoms with Gasteiger partial charge in [0.25, 0.3) is 17.3 Å². The van der Waals surface area contributed by atoms with E-state index < -0.39 is 27.1 Å². The molecule has 0 unspecified atom stereocenters. The molecule has 34 heavy (non-hydrogen) atoms. The number of aromatic nitrogens is 2. The maximum Gasteiger partial charge on any atom is 0.277 e. The number of amides is 1. The molecule has 13 nitrogen and oxygen atoms in total. The van der Waals surface area contributed by atoms with Gasteiger partial charge in [0.05, 0.1) is 21.5 Å². The molecule has 4 rings (SSSR count). The Hall–Kier alpha value is -3.87. The molecule has 0 bridgehead atoms. The van der Waals surface area contributed by atoms with Crippen molar-refractivity contribution in [3.8, 4) is 0 Å². The van der Waals surface area contributed by atoms with Crippen LogP contribution in [0.4, 0.5) is 23.0 Å². The first-order valence-electron chi connectivity index (χ1n) is 11.1. The quantitative estimate of drug-likeness (QED) is 0.449. The average molecular weight is 470 g/mol. The predicted molar refractivity (Wildman–Crippen MR) is 124 cm³/mol. The van der Waals surface area contributed by atoms with E-state index in [2.05, 4.69) is 26.9 Å². The normalized spacial score (nSPS) is 17.0. The molecule has 0 saturated carbocycles. The molecule has 1 aromatic heterocycles. The van der Waals surface area contributed by atoms with E-state index in [0.717, 1.165) is 56.7 Å². The molecule has 180 valence electrons. The number of rotatable bonds is 6. The molecule has 2 saturated heterocycles. The van der Waals surface area contributed by atoms with Crippen molar-refractivity contribution in [1.82, 2.24) is 20.0 Å². The van der Waals surface area contributed by atoms with E-state index >= 15 is 0 Å². The number of carbonyl (C=O) groups is 1. The van der Waals surface area contributed by atoms with Crippen molar-refractivity contribution in [3.63, 3.8) is 0 Å². The summed E-state index contributed by atoms with van der Waals surface area (Å²) >= 11 is 0. The van der Waals surface area contributed by atoms with Gasteiger partial charge in [0.15, 0.2) is 11.6 Å². The van der Waals surface area contributed by atoms with Crippen LogP contribution >= 0.6 is 0 Å². The van der Waals surface area contributed by atoms with Crippen molar-refractivity contribution < 1.29 is 14.6 Å². The number of non-ortho nitro benzene ring substituents is 2. The number of nitro benzene ring substituents is 2. The summed E-state index contributed by atoms with van der Waals surface area (Å²) in [6, 6.07) is 6.89. The molecule has 0 spiro atoms. The van der Waals surface area contributed by atoms with E-state index in [1.807, 2.05) is 17.0 Å². The van der Waals surface area contributed by atoms with Crippen molar-refractivity contribution in [2.75, 3.05) is 68.7 Å². The zero-order valence-corrected chi connectivity index (χ0v) is 18.9. The first-order valence-corrected chi connectivity index (χ1v) is 11.1. The molecule has 2 aliphatic heterocycles. The summed E-state index contributed by atoms with van der Waals surface area (Å²) in [6.07, 6.45) is 0. The van der Waals surface area contributed by atoms with Crippen LogP contribution in [0.15, 0.2) is 30.3 Å². The summed E-state index contributed by atoms with van der Waals surface area (Å²) in [5.74, 6) is 1.09. The first-order chi connectivity index (χ1) is 16.4. The predicted octanol–water partition coefficient (Wildman–Crippen LogP) is 1.40. The Morgan fingerprint density at radius 2 is 1.29 bits per heavy atom. The maximum atomic E-state index is 12.9. The van der Waals surface area contributed by atoms with Crippen LogP contribution in [0.2, 0.25) is 0 Å². The maximum absolute atomic E-state index is 12.9. The van der Waals surface area contributed by atoms with Gasteiger partial charge in [-0.05, 0) is 18.7 Å². The zero-order valence-electron chi connectivity index (χ0n) is 18.9. The lowest BCUT2D eigenvalue weighted by atomic mass is 10.1. The van der Waals surface area contributed by atoms with E-state index in [0.29, 0.717) is 32.0 Å². The minimum atomic E-state index is -0.742. The number of benzene rings is 1. The number of nitrogens with zero attached hydrogens (tertiary/aromatic N) is 8. The molecular formula is C21H26N8O5. The van der Waals surface area contributed by atoms with E-state index in [1.54, 1.807) is 0 Å². The van der Waals surface area contributed by atoms with Gasteiger partial charge in [-0.2, -0.15) is 0 Å². The van der Waals surface area contributed by atoms with Crippen LogP contribution in [0.25, 0.3) is 0 Å². The molecule has 0 aliphatic carbocycles. The Morgan fingerprint density at radius 3 is 1.71 bits per heavy atom. The SMILES string of the molecule is CCN1CCN(c2ccc(N3CCN(C(=O)c4cc([N+](=O)[O-])cc([N+](=O)[O-])c4)CC3)nn2)CC1. The largest absolute Gasteiger partial charge is 0.353 e. The van der Waals surface area contributed by atoms with Gasteiger partial charge >= 0.3 is 0 Å². The van der Waals surface area contributed by atoms with Crippen LogP contribution in [0.1, 0.15) is 17.3 Å². The van der Waals surface area contributed by atoms with Crippen LogP contribution in [-0.4, -0.2) is 94.7 Å². The van der Waals surface area contributed by atoms with Crippen molar-refractivity contribution in [2.45, 2.75) is 6.92 Å². The lowest BCUT2D eigenvalue weighted by Gasteiger charge is -2.36. The van der Waals surface area contributed by atoms with Crippen LogP contribution in [-0.2, 0) is 0 Å². The highest BCUT2D eigenvalue weighted by molar-refractivity contribution is 5.95. The van der Waals surface area contributed by atoms with Gasteiger partial charge < -0.3 is 19.6 Å². The van der Waals surface area contributed by atoms with Gasteiger partial charge in [-0.1, -0.05) is 6.92 Å². The monoisotopic (exact) mass is 470 g/mol. The Bertz CT molecular complexity index is 1030. The molecule has 1 aromatic carbocycles. The number of likely N-dealkylation sites (N-methyl/N-ethyl adjacent to an activating group) is 1. The summed E-state index contributed by atoms with van der Waals surface area (Å²) < 4.78 is 0. The lowest BCUT2D eigenvalue weighted by molar-refractivity contribution is -0.394. The van der Waals surface area contributed by atoms with Gasteiger partial charge in [-0.3, -0.25) is 25.0 Å². The van der Waals surface area contributed by atoms with E-state index in [4.69, 9.17) is 0 Å². The number of hydrogen-bond donors (Lipinski definition) is 0. The lowest BCUT2D eigenvalue weighted by Crippen LogP contribution is -2.49. The minimum Gasteiger partial charge on any atom is -0.353 e. The third-order valence-corrected chi connectivity index (χ3v) is 6.24. The fourth-order valence-corrected chi connectivity index (χ4v) is 4.20. The molecule has 13 heteroatoms. The highest BCUT2D eigenvalue weighted by Crippen LogP contribution is 2.24. The van der Waals surface area contributed by atoms with Crippen molar-refractivity contribution >= 4 is 28.9 Å². The summed E-state index contributed by atoms with van der Waals surface area (Å²) in [5, 5.41) is 31.0. The number of piperazine rings is 2. The van der Waals surface area contributed by atoms with E-state index in [9.17, 15) is 25.0 Å². The summed E-state index contributed by atoms with van der Waals surface area (Å²) in [7, 11) is 0. The Labute approximate surface area is 195 Å². The number of hydrogen-bond acceptors (Lipinski definition) is 10. The average Bonchev–Trinajstić information content (AvgIpc) is 2.88. The molecule has 2 aromatic rings. The Kier molecular flexibility index (Phi) is 6.82. The van der Waals surface area contributed by atoms with Gasteiger partial charge in [-0.15, -0.1) is 10.2 Å². The second-order valence-electron chi connectivity index (χ2n) is 8.20. The topological polar surface area (TPSA) is 142 Å². The van der Waals surface area contributed by atoms with Gasteiger partial charge in [0.2, 0.25) is 0 Å². The third kappa shape index (κ3) is 5.03. The standard InChI is InChI=1S/C21H26N8O5/c1-2-24-5-7-25(8-6-24)19-3-4-20(23-22-19)26-9-11-27(12-10-26)21(30)16-13-17(28(31)32)15-18(14-16)29(33)34/h3-4,13-15H,2,5-12H2,1H3. The summed E-state index contributed by atoms with van der Waals surface area (Å²) in [5.41, 5.74) is -1.04. The second kappa shape index (κ2) is 9.95. The van der Waals surface area contributed by atoms with Gasteiger partial charge in [0.1, 0.15) is 0 Å². The molecule has 1 amide bonds. The summed E-state index contributed by atoms with van der Waals surface area (Å²) in [6.45, 7) is 8.77. The van der Waals surface area contributed by atoms with Gasteiger partial charge in [-0.25, -0.2) is 0 Å². The van der Waals surface area contributed by atoms with E-state index in [1.165, 1.54) is 4.90 Å². The highest BCUT2D eigenvalue weighted by Gasteiger charge is 2.27. The zero-order chi connectivity index (χ0) is 24.2. The van der Waals surface area contributed by atoms with Crippen molar-refractivity contribution in [3.05, 3.63) is 56.1 Å². The molecule has 0 radical (unpaired) electrons. The third-order valence-electron chi connectivity index (χ3n) is 6.24. The Morgan fingerprint density at radius 1 is 0.824 bits per heavy atom. The van der Waals surface area contributed by atoms with Crippen molar-refractivity contribution in [1.29, 1.82) is 0 Å². The van der Waals surface area contributed by atoms with Crippen LogP contribution < -0.4 is 9.80 Å². The fraction of sp³-hybridized carbons (Fsp3) is 0.476. The van der Waals surface area contributed by atoms with Crippen LogP contribution in [0.3, 0.4) is 0 Å². The summed E-state index contributed by atoms with van der Waals surface area (Å²) in [4.78, 5) is 41.8. The number of nitro groups is 2. The Balaban J connectivity index is 1.37. The molecule has 3 heterocycles. The first kappa shape index (κ1) is 23.3. The number of carbonyl (C=O) groups excluding carboxylic acids is 1. The molecule has 2 fully saturated rings. The molecule has 0 atom stereocenters. The highest BCUT2D eigenvalue weighted by atomic mass is 16.6. The fourth-order valence-electron chi connectivity index (χ4n) is 4.20. The minimum absolute atomic E-state index is 0.0679. The molecular weight excluding hydrogens is 444 g/mol. The van der Waals surface area contributed by atoms with Gasteiger partial charge in [0, 0.05) is 64.5 Å². The van der Waals surface area contributed by atoms with Crippen LogP contribution in [0, 0.1) is 20.2 Å². The second-order valence-corrected chi connectivity index (χ2v) is 8.20.